The summed E-state index contributed by atoms with van der Waals surface area (Å²) in [6, 6.07) is 8.40. The first-order valence-electron chi connectivity index (χ1n) is 8.89. The van der Waals surface area contributed by atoms with Gasteiger partial charge in [-0.25, -0.2) is 4.98 Å². The quantitative estimate of drug-likeness (QED) is 0.708. The van der Waals surface area contributed by atoms with Crippen LogP contribution in [-0.2, 0) is 10.2 Å². The van der Waals surface area contributed by atoms with E-state index in [1.807, 2.05) is 13.0 Å². The number of aliphatic hydroxyl groups excluding tert-OH is 1. The Kier molecular flexibility index (Phi) is 6.73. The van der Waals surface area contributed by atoms with Crippen molar-refractivity contribution < 1.29 is 14.7 Å². The summed E-state index contributed by atoms with van der Waals surface area (Å²) in [5.74, 6) is -0.697. The minimum Gasteiger partial charge on any atom is -0.378 e. The molecule has 1 aromatic heterocycles. The van der Waals surface area contributed by atoms with E-state index in [4.69, 9.17) is 0 Å². The number of hydrogen-bond donors (Lipinski definition) is 3. The zero-order valence-corrected chi connectivity index (χ0v) is 17.2. The van der Waals surface area contributed by atoms with Gasteiger partial charge in [0.1, 0.15) is 4.88 Å². The van der Waals surface area contributed by atoms with Crippen molar-refractivity contribution in [2.45, 2.75) is 52.2 Å². The third-order valence-electron chi connectivity index (χ3n) is 3.97. The molecule has 1 unspecified atom stereocenters. The Morgan fingerprint density at radius 1 is 1.22 bits per heavy atom. The predicted octanol–water partition coefficient (Wildman–Crippen LogP) is 2.72. The van der Waals surface area contributed by atoms with E-state index in [1.165, 1.54) is 11.3 Å². The minimum atomic E-state index is -1.23. The highest BCUT2D eigenvalue weighted by atomic mass is 32.1. The SMILES string of the molecule is Cc1nc(C(C)(C)C)sc1C(=O)NCC(C)NC(=O)[C@@H](O)c1ccccc1. The molecule has 146 valence electrons. The van der Waals surface area contributed by atoms with Crippen molar-refractivity contribution >= 4 is 23.2 Å². The van der Waals surface area contributed by atoms with Crippen LogP contribution in [0.3, 0.4) is 0 Å². The maximum absolute atomic E-state index is 12.4. The Bertz CT molecular complexity index is 797. The number of aliphatic hydroxyl groups is 1. The summed E-state index contributed by atoms with van der Waals surface area (Å²) < 4.78 is 0. The number of carbonyl (C=O) groups excluding carboxylic acids is 2. The topological polar surface area (TPSA) is 91.3 Å². The number of benzene rings is 1. The standard InChI is InChI=1S/C20H27N3O3S/c1-12(22-17(25)15(24)14-9-7-6-8-10-14)11-21-18(26)16-13(2)23-19(27-16)20(3,4)5/h6-10,12,15,24H,11H2,1-5H3,(H,21,26)(H,22,25)/t12?,15-/m0/s1. The summed E-state index contributed by atoms with van der Waals surface area (Å²) in [6.45, 7) is 10.0. The molecule has 3 N–H and O–H groups in total. The number of thiazole rings is 1. The van der Waals surface area contributed by atoms with Gasteiger partial charge in [-0.1, -0.05) is 51.1 Å². The van der Waals surface area contributed by atoms with E-state index in [0.29, 0.717) is 16.1 Å². The first-order chi connectivity index (χ1) is 12.6. The lowest BCUT2D eigenvalue weighted by Crippen LogP contribution is -2.43. The average Bonchev–Trinajstić information content (AvgIpc) is 3.02. The van der Waals surface area contributed by atoms with E-state index in [-0.39, 0.29) is 23.9 Å². The van der Waals surface area contributed by atoms with E-state index >= 15 is 0 Å². The third-order valence-corrected chi connectivity index (χ3v) is 5.55. The fraction of sp³-hybridized carbons (Fsp3) is 0.450. The lowest BCUT2D eigenvalue weighted by atomic mass is 9.98. The van der Waals surface area contributed by atoms with Crippen LogP contribution in [0.1, 0.15) is 59.7 Å². The van der Waals surface area contributed by atoms with Gasteiger partial charge in [-0.05, 0) is 19.4 Å². The van der Waals surface area contributed by atoms with Crippen molar-refractivity contribution in [3.05, 3.63) is 51.5 Å². The highest BCUT2D eigenvalue weighted by Crippen LogP contribution is 2.29. The maximum atomic E-state index is 12.4. The predicted molar refractivity (Wildman–Crippen MR) is 107 cm³/mol. The average molecular weight is 390 g/mol. The Morgan fingerprint density at radius 2 is 1.85 bits per heavy atom. The van der Waals surface area contributed by atoms with Crippen molar-refractivity contribution in [3.8, 4) is 0 Å². The smallest absolute Gasteiger partial charge is 0.263 e. The molecule has 1 aromatic carbocycles. The molecule has 0 aliphatic heterocycles. The molecular weight excluding hydrogens is 362 g/mol. The second kappa shape index (κ2) is 8.63. The van der Waals surface area contributed by atoms with Crippen LogP contribution >= 0.6 is 11.3 Å². The second-order valence-corrected chi connectivity index (χ2v) is 8.62. The number of nitrogens with zero attached hydrogens (tertiary/aromatic N) is 1. The largest absolute Gasteiger partial charge is 0.378 e. The fourth-order valence-electron chi connectivity index (χ4n) is 2.41. The van der Waals surface area contributed by atoms with Crippen molar-refractivity contribution in [2.24, 2.45) is 0 Å². The van der Waals surface area contributed by atoms with Crippen LogP contribution in [0, 0.1) is 6.92 Å². The van der Waals surface area contributed by atoms with Crippen LogP contribution in [0.15, 0.2) is 30.3 Å². The van der Waals surface area contributed by atoms with Gasteiger partial charge in [-0.2, -0.15) is 0 Å². The zero-order valence-electron chi connectivity index (χ0n) is 16.4. The Morgan fingerprint density at radius 3 is 2.41 bits per heavy atom. The van der Waals surface area contributed by atoms with Crippen LogP contribution in [0.5, 0.6) is 0 Å². The molecule has 0 fully saturated rings. The van der Waals surface area contributed by atoms with Gasteiger partial charge in [0.25, 0.3) is 11.8 Å². The number of nitrogens with one attached hydrogen (secondary N) is 2. The van der Waals surface area contributed by atoms with Crippen molar-refractivity contribution in [3.63, 3.8) is 0 Å². The molecule has 27 heavy (non-hydrogen) atoms. The molecular formula is C20H27N3O3S. The summed E-state index contributed by atoms with van der Waals surface area (Å²) in [6.07, 6.45) is -1.23. The number of amides is 2. The number of aromatic nitrogens is 1. The van der Waals surface area contributed by atoms with Gasteiger partial charge >= 0.3 is 0 Å². The van der Waals surface area contributed by atoms with E-state index in [1.54, 1.807) is 31.2 Å². The Balaban J connectivity index is 1.90. The van der Waals surface area contributed by atoms with Crippen LogP contribution in [0.4, 0.5) is 0 Å². The third kappa shape index (κ3) is 5.61. The van der Waals surface area contributed by atoms with E-state index in [0.717, 1.165) is 5.01 Å². The number of rotatable bonds is 6. The van der Waals surface area contributed by atoms with Crippen LogP contribution in [0.25, 0.3) is 0 Å². The van der Waals surface area contributed by atoms with Gasteiger partial charge in [0, 0.05) is 18.0 Å². The van der Waals surface area contributed by atoms with Gasteiger partial charge in [0.2, 0.25) is 0 Å². The molecule has 0 aliphatic carbocycles. The Labute approximate surface area is 164 Å². The zero-order chi connectivity index (χ0) is 20.2. The number of aryl methyl sites for hydroxylation is 1. The summed E-state index contributed by atoms with van der Waals surface area (Å²) in [5, 5.41) is 16.6. The van der Waals surface area contributed by atoms with Crippen molar-refractivity contribution in [1.29, 1.82) is 0 Å². The summed E-state index contributed by atoms with van der Waals surface area (Å²) in [5.41, 5.74) is 1.13. The molecule has 0 saturated heterocycles. The van der Waals surface area contributed by atoms with Gasteiger partial charge in [-0.3, -0.25) is 9.59 Å². The fourth-order valence-corrected chi connectivity index (χ4v) is 3.45. The number of hydrogen-bond acceptors (Lipinski definition) is 5. The molecule has 2 rings (SSSR count). The lowest BCUT2D eigenvalue weighted by Gasteiger charge is -2.17. The van der Waals surface area contributed by atoms with E-state index < -0.39 is 12.0 Å². The van der Waals surface area contributed by atoms with Crippen molar-refractivity contribution in [1.82, 2.24) is 15.6 Å². The summed E-state index contributed by atoms with van der Waals surface area (Å²) in [7, 11) is 0. The molecule has 7 heteroatoms. The first-order valence-corrected chi connectivity index (χ1v) is 9.70. The van der Waals surface area contributed by atoms with Crippen LogP contribution in [0.2, 0.25) is 0 Å². The number of carbonyl (C=O) groups is 2. The van der Waals surface area contributed by atoms with Gasteiger partial charge in [0.15, 0.2) is 6.10 Å². The molecule has 0 radical (unpaired) electrons. The first kappa shape index (κ1) is 21.1. The van der Waals surface area contributed by atoms with E-state index in [2.05, 4.69) is 36.4 Å². The molecule has 2 aromatic rings. The van der Waals surface area contributed by atoms with Gasteiger partial charge in [0.05, 0.1) is 10.7 Å². The van der Waals surface area contributed by atoms with E-state index in [9.17, 15) is 14.7 Å². The van der Waals surface area contributed by atoms with Crippen molar-refractivity contribution in [2.75, 3.05) is 6.54 Å². The molecule has 0 spiro atoms. The van der Waals surface area contributed by atoms with Gasteiger partial charge in [-0.15, -0.1) is 11.3 Å². The Hall–Kier alpha value is -2.25. The summed E-state index contributed by atoms with van der Waals surface area (Å²) in [4.78, 5) is 29.7. The minimum absolute atomic E-state index is 0.108. The highest BCUT2D eigenvalue weighted by Gasteiger charge is 2.24. The molecule has 0 saturated carbocycles. The molecule has 6 nitrogen and oxygen atoms in total. The molecule has 2 amide bonds. The van der Waals surface area contributed by atoms with Gasteiger partial charge < -0.3 is 15.7 Å². The van der Waals surface area contributed by atoms with Crippen LogP contribution < -0.4 is 10.6 Å². The maximum Gasteiger partial charge on any atom is 0.263 e. The van der Waals surface area contributed by atoms with Crippen LogP contribution in [-0.4, -0.2) is 34.5 Å². The lowest BCUT2D eigenvalue weighted by molar-refractivity contribution is -0.130. The highest BCUT2D eigenvalue weighted by molar-refractivity contribution is 7.14. The molecule has 0 aliphatic rings. The molecule has 0 bridgehead atoms. The molecule has 2 atom stereocenters. The summed E-state index contributed by atoms with van der Waals surface area (Å²) >= 11 is 1.39. The second-order valence-electron chi connectivity index (χ2n) is 7.62. The monoisotopic (exact) mass is 389 g/mol. The normalized spacial score (nSPS) is 13.7. The molecule has 1 heterocycles.